The van der Waals surface area contributed by atoms with Crippen LogP contribution in [0.5, 0.6) is 0 Å². The number of amides is 1. The highest BCUT2D eigenvalue weighted by molar-refractivity contribution is 8.13. The molecule has 0 aromatic heterocycles. The highest BCUT2D eigenvalue weighted by Gasteiger charge is 2.17. The molecule has 29 heavy (non-hydrogen) atoms. The van der Waals surface area contributed by atoms with Gasteiger partial charge in [-0.3, -0.25) is 9.35 Å². The Morgan fingerprint density at radius 1 is 0.897 bits per heavy atom. The number of nitrogens with one attached hydrogen (secondary N) is 2. The zero-order valence-corrected chi connectivity index (χ0v) is 17.9. The Labute approximate surface area is 177 Å². The van der Waals surface area contributed by atoms with Crippen molar-refractivity contribution in [1.29, 1.82) is 0 Å². The quantitative estimate of drug-likeness (QED) is 0.423. The summed E-state index contributed by atoms with van der Waals surface area (Å²) in [6.45, 7) is 3.77. The maximum atomic E-state index is 11.0. The molecule has 0 fully saturated rings. The lowest BCUT2D eigenvalue weighted by atomic mass is 10.1. The fraction of sp³-hybridized carbons (Fsp3) is 0.118. The first-order valence-corrected chi connectivity index (χ1v) is 12.5. The first-order chi connectivity index (χ1) is 13.3. The fourth-order valence-corrected chi connectivity index (χ4v) is 3.42. The molecule has 0 radical (unpaired) electrons. The number of rotatable bonds is 1. The largest absolute Gasteiger partial charge is 0.359 e. The van der Waals surface area contributed by atoms with Crippen LogP contribution < -0.4 is 10.6 Å². The number of halogens is 2. The van der Waals surface area contributed by atoms with Gasteiger partial charge in [0.05, 0.1) is 11.3 Å². The van der Waals surface area contributed by atoms with E-state index in [1.54, 1.807) is 12.1 Å². The van der Waals surface area contributed by atoms with Crippen molar-refractivity contribution in [2.24, 2.45) is 0 Å². The Morgan fingerprint density at radius 3 is 2.07 bits per heavy atom. The molecule has 0 saturated heterocycles. The van der Waals surface area contributed by atoms with Gasteiger partial charge in [0, 0.05) is 44.9 Å². The summed E-state index contributed by atoms with van der Waals surface area (Å²) >= 11 is 0. The smallest absolute Gasteiger partial charge is 0.353 e. The van der Waals surface area contributed by atoms with Crippen molar-refractivity contribution in [2.45, 2.75) is 17.7 Å². The molecule has 0 unspecified atom stereocenters. The molecular formula is C17H16Cl2N2O6S2. The highest BCUT2D eigenvalue weighted by atomic mass is 35.7. The Morgan fingerprint density at radius 2 is 1.48 bits per heavy atom. The average molecular weight is 479 g/mol. The molecule has 0 saturated carbocycles. The normalized spacial score (nSPS) is 14.3. The van der Waals surface area contributed by atoms with E-state index in [9.17, 15) is 13.2 Å². The van der Waals surface area contributed by atoms with E-state index in [1.807, 2.05) is 24.3 Å². The lowest BCUT2D eigenvalue weighted by Gasteiger charge is -2.00. The summed E-state index contributed by atoms with van der Waals surface area (Å²) < 4.78 is 47.2. The van der Waals surface area contributed by atoms with Crippen LogP contribution in [-0.2, 0) is 36.0 Å². The predicted molar refractivity (Wildman–Crippen MR) is 112 cm³/mol. The summed E-state index contributed by atoms with van der Waals surface area (Å²) in [6.07, 6.45) is 1.19. The SMILES string of the molecule is C=C1Cc2cc(S(=O)(=O)Cl)ccc2N1.O=C1Cc2ccccc2N1.O=S(=O)(O)Cl. The summed E-state index contributed by atoms with van der Waals surface area (Å²) in [5.41, 5.74) is 4.75. The molecule has 2 aromatic carbocycles. The van der Waals surface area contributed by atoms with Crippen LogP contribution in [0.15, 0.2) is 59.6 Å². The van der Waals surface area contributed by atoms with Gasteiger partial charge < -0.3 is 10.6 Å². The molecule has 2 heterocycles. The second-order valence-corrected chi connectivity index (χ2v) is 10.5. The van der Waals surface area contributed by atoms with Crippen molar-refractivity contribution in [2.75, 3.05) is 10.6 Å². The number of benzene rings is 2. The van der Waals surface area contributed by atoms with Gasteiger partial charge in [0.25, 0.3) is 9.05 Å². The van der Waals surface area contributed by atoms with Gasteiger partial charge in [0.2, 0.25) is 5.91 Å². The van der Waals surface area contributed by atoms with Crippen molar-refractivity contribution >= 4 is 57.0 Å². The Bertz CT molecular complexity index is 1130. The van der Waals surface area contributed by atoms with Crippen LogP contribution >= 0.6 is 21.4 Å². The summed E-state index contributed by atoms with van der Waals surface area (Å²) in [5.74, 6) is 0.0983. The van der Waals surface area contributed by atoms with Gasteiger partial charge in [0.15, 0.2) is 0 Å². The van der Waals surface area contributed by atoms with Crippen molar-refractivity contribution in [1.82, 2.24) is 0 Å². The minimum Gasteiger partial charge on any atom is -0.359 e. The fourth-order valence-electron chi connectivity index (χ4n) is 2.62. The first-order valence-electron chi connectivity index (χ1n) is 7.90. The molecule has 2 aromatic rings. The molecule has 0 atom stereocenters. The second-order valence-electron chi connectivity index (χ2n) is 5.96. The molecule has 2 aliphatic heterocycles. The van der Waals surface area contributed by atoms with Gasteiger partial charge in [-0.1, -0.05) is 24.8 Å². The van der Waals surface area contributed by atoms with Gasteiger partial charge in [0.1, 0.15) is 0 Å². The van der Waals surface area contributed by atoms with E-state index in [1.165, 1.54) is 6.07 Å². The third-order valence-electron chi connectivity index (χ3n) is 3.72. The monoisotopic (exact) mass is 478 g/mol. The minimum atomic E-state index is -4.19. The van der Waals surface area contributed by atoms with E-state index in [0.29, 0.717) is 12.8 Å². The molecule has 0 spiro atoms. The molecule has 0 bridgehead atoms. The zero-order valence-electron chi connectivity index (χ0n) is 14.7. The van der Waals surface area contributed by atoms with E-state index in [0.717, 1.165) is 28.2 Å². The van der Waals surface area contributed by atoms with Crippen molar-refractivity contribution in [3.63, 3.8) is 0 Å². The third kappa shape index (κ3) is 7.67. The number of hydrogen-bond donors (Lipinski definition) is 3. The standard InChI is InChI=1S/C9H8ClNO2S.C8H7NO.ClHO3S/c1-6-4-7-5-8(14(10,12)13)2-3-9(7)11-6;10-8-5-6-3-1-2-4-7(6)9-8;1-5(2,3)4/h2-3,5,11H,1,4H2;1-4H,5H2,(H,9,10);(H,2,3,4). The van der Waals surface area contributed by atoms with Crippen LogP contribution in [0, 0.1) is 0 Å². The third-order valence-corrected chi connectivity index (χ3v) is 5.07. The number of carbonyl (C=O) groups excluding carboxylic acids is 1. The average Bonchev–Trinajstić information content (AvgIpc) is 3.12. The Kier molecular flexibility index (Phi) is 7.30. The second kappa shape index (κ2) is 9.14. The van der Waals surface area contributed by atoms with Gasteiger partial charge in [-0.25, -0.2) is 8.42 Å². The molecule has 156 valence electrons. The zero-order chi connectivity index (χ0) is 21.8. The molecule has 0 aliphatic carbocycles. The van der Waals surface area contributed by atoms with E-state index in [4.69, 9.17) is 23.7 Å². The topological polar surface area (TPSA) is 130 Å². The van der Waals surface area contributed by atoms with E-state index in [-0.39, 0.29) is 10.8 Å². The molecule has 1 amide bonds. The highest BCUT2D eigenvalue weighted by Crippen LogP contribution is 2.30. The van der Waals surface area contributed by atoms with Crippen LogP contribution in [-0.4, -0.2) is 27.3 Å². The van der Waals surface area contributed by atoms with Crippen molar-refractivity contribution in [3.05, 3.63) is 65.9 Å². The number of para-hydroxylation sites is 1. The van der Waals surface area contributed by atoms with Gasteiger partial charge in [-0.05, 0) is 35.4 Å². The molecule has 3 N–H and O–H groups in total. The number of allylic oxidation sites excluding steroid dienone is 1. The predicted octanol–water partition coefficient (Wildman–Crippen LogP) is 3.31. The first kappa shape index (κ1) is 23.2. The number of hydrogen-bond acceptors (Lipinski definition) is 6. The van der Waals surface area contributed by atoms with Crippen LogP contribution in [0.2, 0.25) is 0 Å². The lowest BCUT2D eigenvalue weighted by Crippen LogP contribution is -2.03. The van der Waals surface area contributed by atoms with Gasteiger partial charge >= 0.3 is 9.33 Å². The lowest BCUT2D eigenvalue weighted by molar-refractivity contribution is -0.115. The molecule has 4 rings (SSSR count). The molecule has 2 aliphatic rings. The number of carbonyl (C=O) groups is 1. The molecule has 12 heteroatoms. The van der Waals surface area contributed by atoms with Crippen molar-refractivity contribution < 1.29 is 26.2 Å². The maximum Gasteiger partial charge on any atom is 0.353 e. The summed E-state index contributed by atoms with van der Waals surface area (Å²) in [6, 6.07) is 12.5. The molecular weight excluding hydrogens is 463 g/mol. The van der Waals surface area contributed by atoms with Crippen molar-refractivity contribution in [3.8, 4) is 0 Å². The molecule has 8 nitrogen and oxygen atoms in total. The summed E-state index contributed by atoms with van der Waals surface area (Å²) in [4.78, 5) is 10.9. The minimum absolute atomic E-state index is 0.0983. The maximum absolute atomic E-state index is 11.0. The number of anilines is 2. The Balaban J connectivity index is 0.000000175. The van der Waals surface area contributed by atoms with Gasteiger partial charge in [-0.15, -0.1) is 0 Å². The van der Waals surface area contributed by atoms with Crippen LogP contribution in [0.3, 0.4) is 0 Å². The van der Waals surface area contributed by atoms with Crippen LogP contribution in [0.25, 0.3) is 0 Å². The summed E-state index contributed by atoms with van der Waals surface area (Å²) in [7, 11) is 1.46. The van der Waals surface area contributed by atoms with Crippen LogP contribution in [0.1, 0.15) is 11.1 Å². The Hall–Kier alpha value is -2.11. The number of fused-ring (bicyclic) bond motifs is 2. The summed E-state index contributed by atoms with van der Waals surface area (Å²) in [5, 5.41) is 5.80. The van der Waals surface area contributed by atoms with Crippen LogP contribution in [0.4, 0.5) is 11.4 Å². The van der Waals surface area contributed by atoms with E-state index < -0.39 is 18.4 Å². The van der Waals surface area contributed by atoms with E-state index in [2.05, 4.69) is 27.9 Å². The van der Waals surface area contributed by atoms with Gasteiger partial charge in [-0.2, -0.15) is 8.42 Å². The van der Waals surface area contributed by atoms with E-state index >= 15 is 0 Å².